The number of nitrogens with one attached hydrogen (secondary N) is 1. The molecule has 0 saturated carbocycles. The molecule has 3 rings (SSSR count). The van der Waals surface area contributed by atoms with Gasteiger partial charge in [-0.2, -0.15) is 0 Å². The van der Waals surface area contributed by atoms with Gasteiger partial charge in [0.15, 0.2) is 6.10 Å². The summed E-state index contributed by atoms with van der Waals surface area (Å²) in [6.07, 6.45) is 0.0588. The lowest BCUT2D eigenvalue weighted by Crippen LogP contribution is -2.36. The maximum Gasteiger partial charge on any atom is 0.332 e. The van der Waals surface area contributed by atoms with Crippen molar-refractivity contribution in [2.45, 2.75) is 38.4 Å². The average molecular weight is 366 g/mol. The summed E-state index contributed by atoms with van der Waals surface area (Å²) in [6.45, 7) is 2.49. The van der Waals surface area contributed by atoms with Crippen LogP contribution >= 0.6 is 22.7 Å². The van der Waals surface area contributed by atoms with E-state index in [-0.39, 0.29) is 5.91 Å². The van der Waals surface area contributed by atoms with Crippen LogP contribution in [-0.4, -0.2) is 40.7 Å². The first-order valence-electron chi connectivity index (χ1n) is 7.70. The molecule has 1 fully saturated rings. The molecule has 2 aromatic heterocycles. The lowest BCUT2D eigenvalue weighted by Gasteiger charge is -2.11. The third-order valence-electron chi connectivity index (χ3n) is 3.79. The standard InChI is InChI=1S/C16H18N2O4S2/c1-9-18-11(8-23-9)14-5-2-10(24-14)6-7-17-15(19)12-3-4-13(22-12)16(20)21/h2,5,8,12-13H,3-4,6-7H2,1H3,(H,17,19)(H,20,21)/t12-,13+/m0/s1. The summed E-state index contributed by atoms with van der Waals surface area (Å²) in [5, 5.41) is 14.8. The van der Waals surface area contributed by atoms with Gasteiger partial charge in [-0.25, -0.2) is 9.78 Å². The summed E-state index contributed by atoms with van der Waals surface area (Å²) in [4.78, 5) is 29.6. The van der Waals surface area contributed by atoms with Crippen LogP contribution in [-0.2, 0) is 20.7 Å². The van der Waals surface area contributed by atoms with E-state index >= 15 is 0 Å². The van der Waals surface area contributed by atoms with Crippen molar-refractivity contribution in [3.8, 4) is 10.6 Å². The SMILES string of the molecule is Cc1nc(-c2ccc(CCNC(=O)[C@@H]3CC[C@H](C(=O)O)O3)s2)cs1. The normalized spacial score (nSPS) is 20.2. The molecule has 8 heteroatoms. The minimum absolute atomic E-state index is 0.231. The van der Waals surface area contributed by atoms with Gasteiger partial charge in [0.1, 0.15) is 6.10 Å². The smallest absolute Gasteiger partial charge is 0.332 e. The predicted octanol–water partition coefficient (Wildman–Crippen LogP) is 2.47. The second-order valence-electron chi connectivity index (χ2n) is 5.59. The van der Waals surface area contributed by atoms with Gasteiger partial charge in [0.2, 0.25) is 5.91 Å². The maximum atomic E-state index is 12.0. The minimum Gasteiger partial charge on any atom is -0.479 e. The Bertz CT molecular complexity index is 740. The summed E-state index contributed by atoms with van der Waals surface area (Å²) in [7, 11) is 0. The fourth-order valence-electron chi connectivity index (χ4n) is 2.56. The highest BCUT2D eigenvalue weighted by atomic mass is 32.1. The maximum absolute atomic E-state index is 12.0. The van der Waals surface area contributed by atoms with E-state index in [1.54, 1.807) is 22.7 Å². The van der Waals surface area contributed by atoms with Gasteiger partial charge in [0.05, 0.1) is 15.6 Å². The quantitative estimate of drug-likeness (QED) is 0.820. The first-order valence-corrected chi connectivity index (χ1v) is 9.40. The van der Waals surface area contributed by atoms with Crippen LogP contribution in [0.4, 0.5) is 0 Å². The number of thiazole rings is 1. The highest BCUT2D eigenvalue weighted by Crippen LogP contribution is 2.29. The predicted molar refractivity (Wildman–Crippen MR) is 92.4 cm³/mol. The number of thiophene rings is 1. The summed E-state index contributed by atoms with van der Waals surface area (Å²) < 4.78 is 5.24. The molecule has 3 heterocycles. The molecule has 0 spiro atoms. The van der Waals surface area contributed by atoms with E-state index in [1.165, 1.54) is 4.88 Å². The number of carbonyl (C=O) groups is 2. The van der Waals surface area contributed by atoms with E-state index in [2.05, 4.69) is 10.3 Å². The molecule has 0 aliphatic carbocycles. The molecule has 0 aromatic carbocycles. The van der Waals surface area contributed by atoms with Crippen molar-refractivity contribution >= 4 is 34.6 Å². The van der Waals surface area contributed by atoms with Crippen LogP contribution in [0.3, 0.4) is 0 Å². The molecule has 0 bridgehead atoms. The van der Waals surface area contributed by atoms with Crippen LogP contribution in [0, 0.1) is 6.92 Å². The van der Waals surface area contributed by atoms with Gasteiger partial charge in [-0.05, 0) is 38.3 Å². The molecule has 1 aliphatic rings. The van der Waals surface area contributed by atoms with E-state index in [4.69, 9.17) is 9.84 Å². The molecule has 24 heavy (non-hydrogen) atoms. The van der Waals surface area contributed by atoms with Crippen molar-refractivity contribution in [2.24, 2.45) is 0 Å². The van der Waals surface area contributed by atoms with Crippen LogP contribution in [0.2, 0.25) is 0 Å². The molecular formula is C16H18N2O4S2. The Morgan fingerprint density at radius 3 is 2.83 bits per heavy atom. The molecule has 6 nitrogen and oxygen atoms in total. The Morgan fingerprint density at radius 1 is 1.38 bits per heavy atom. The highest BCUT2D eigenvalue weighted by Gasteiger charge is 2.34. The van der Waals surface area contributed by atoms with E-state index in [0.29, 0.717) is 19.4 Å². The van der Waals surface area contributed by atoms with Gasteiger partial charge < -0.3 is 15.2 Å². The molecule has 1 aliphatic heterocycles. The molecule has 2 atom stereocenters. The summed E-state index contributed by atoms with van der Waals surface area (Å²) >= 11 is 3.30. The van der Waals surface area contributed by atoms with Gasteiger partial charge in [-0.1, -0.05) is 0 Å². The second kappa shape index (κ2) is 7.42. The number of carboxylic acids is 1. The number of carboxylic acid groups (broad SMARTS) is 1. The van der Waals surface area contributed by atoms with Crippen molar-refractivity contribution in [3.63, 3.8) is 0 Å². The number of aryl methyl sites for hydroxylation is 1. The fourth-order valence-corrected chi connectivity index (χ4v) is 4.22. The average Bonchev–Trinajstić information content (AvgIpc) is 3.26. The zero-order chi connectivity index (χ0) is 17.1. The third-order valence-corrected chi connectivity index (χ3v) is 5.73. The van der Waals surface area contributed by atoms with E-state index in [1.807, 2.05) is 24.4 Å². The second-order valence-corrected chi connectivity index (χ2v) is 7.82. The Hall–Kier alpha value is -1.77. The van der Waals surface area contributed by atoms with Crippen LogP contribution in [0.25, 0.3) is 10.6 Å². The first-order chi connectivity index (χ1) is 11.5. The first kappa shape index (κ1) is 17.1. The van der Waals surface area contributed by atoms with Gasteiger partial charge in [0, 0.05) is 16.8 Å². The number of rotatable bonds is 6. The number of amides is 1. The van der Waals surface area contributed by atoms with Crippen molar-refractivity contribution in [2.75, 3.05) is 6.54 Å². The van der Waals surface area contributed by atoms with Gasteiger partial charge in [-0.15, -0.1) is 22.7 Å². The van der Waals surface area contributed by atoms with Crippen molar-refractivity contribution in [3.05, 3.63) is 27.4 Å². The lowest BCUT2D eigenvalue weighted by molar-refractivity contribution is -0.151. The van der Waals surface area contributed by atoms with Gasteiger partial charge >= 0.3 is 5.97 Å². The van der Waals surface area contributed by atoms with Crippen molar-refractivity contribution in [1.29, 1.82) is 0 Å². The van der Waals surface area contributed by atoms with Crippen LogP contribution in [0.1, 0.15) is 22.7 Å². The Kier molecular flexibility index (Phi) is 5.27. The van der Waals surface area contributed by atoms with Crippen molar-refractivity contribution in [1.82, 2.24) is 10.3 Å². The fraction of sp³-hybridized carbons (Fsp3) is 0.438. The van der Waals surface area contributed by atoms with Gasteiger partial charge in [-0.3, -0.25) is 4.79 Å². The van der Waals surface area contributed by atoms with Crippen molar-refractivity contribution < 1.29 is 19.4 Å². The molecule has 2 N–H and O–H groups in total. The zero-order valence-corrected chi connectivity index (χ0v) is 14.8. The topological polar surface area (TPSA) is 88.5 Å². The largest absolute Gasteiger partial charge is 0.479 e. The molecule has 2 aromatic rings. The van der Waals surface area contributed by atoms with E-state index in [9.17, 15) is 9.59 Å². The highest BCUT2D eigenvalue weighted by molar-refractivity contribution is 7.16. The number of aliphatic carboxylic acids is 1. The number of ether oxygens (including phenoxy) is 1. The van der Waals surface area contributed by atoms with E-state index < -0.39 is 18.2 Å². The van der Waals surface area contributed by atoms with E-state index in [0.717, 1.165) is 22.0 Å². The minimum atomic E-state index is -1.01. The number of hydrogen-bond donors (Lipinski definition) is 2. The van der Waals surface area contributed by atoms with Crippen LogP contribution in [0.15, 0.2) is 17.5 Å². The summed E-state index contributed by atoms with van der Waals surface area (Å²) in [5.74, 6) is -1.24. The zero-order valence-electron chi connectivity index (χ0n) is 13.2. The van der Waals surface area contributed by atoms with Crippen LogP contribution < -0.4 is 5.32 Å². The Labute approximate surface area is 147 Å². The van der Waals surface area contributed by atoms with Gasteiger partial charge in [0.25, 0.3) is 0 Å². The third kappa shape index (κ3) is 4.00. The Balaban J connectivity index is 1.46. The summed E-state index contributed by atoms with van der Waals surface area (Å²) in [5.41, 5.74) is 0.997. The lowest BCUT2D eigenvalue weighted by atomic mass is 10.2. The monoisotopic (exact) mass is 366 g/mol. The molecule has 0 radical (unpaired) electrons. The number of carbonyl (C=O) groups excluding carboxylic acids is 1. The molecular weight excluding hydrogens is 348 g/mol. The molecule has 128 valence electrons. The number of hydrogen-bond acceptors (Lipinski definition) is 6. The number of aromatic nitrogens is 1. The summed E-state index contributed by atoms with van der Waals surface area (Å²) in [6, 6.07) is 4.10. The Morgan fingerprint density at radius 2 is 2.17 bits per heavy atom. The molecule has 1 saturated heterocycles. The number of nitrogens with zero attached hydrogens (tertiary/aromatic N) is 1. The molecule has 0 unspecified atom stereocenters. The van der Waals surface area contributed by atoms with Crippen LogP contribution in [0.5, 0.6) is 0 Å². The molecule has 1 amide bonds.